The summed E-state index contributed by atoms with van der Waals surface area (Å²) >= 11 is 0. The van der Waals surface area contributed by atoms with Gasteiger partial charge in [-0.05, 0) is 31.2 Å². The fourth-order valence-corrected chi connectivity index (χ4v) is 2.41. The molecule has 0 heterocycles. The molecule has 4 heteroatoms. The molecule has 0 saturated heterocycles. The van der Waals surface area contributed by atoms with Gasteiger partial charge in [-0.3, -0.25) is 0 Å². The van der Waals surface area contributed by atoms with Crippen LogP contribution in [-0.4, -0.2) is 51.2 Å². The molecule has 0 aromatic rings. The van der Waals surface area contributed by atoms with E-state index in [0.717, 1.165) is 18.4 Å². The van der Waals surface area contributed by atoms with E-state index in [2.05, 4.69) is 12.2 Å². The summed E-state index contributed by atoms with van der Waals surface area (Å²) in [4.78, 5) is 0. The van der Waals surface area contributed by atoms with Crippen LogP contribution in [0.25, 0.3) is 0 Å². The Morgan fingerprint density at radius 1 is 1.22 bits per heavy atom. The predicted molar refractivity (Wildman–Crippen MR) is 72.7 cm³/mol. The lowest BCUT2D eigenvalue weighted by atomic mass is 9.83. The highest BCUT2D eigenvalue weighted by Crippen LogP contribution is 2.27. The van der Waals surface area contributed by atoms with Crippen molar-refractivity contribution in [1.82, 2.24) is 5.32 Å². The van der Waals surface area contributed by atoms with Crippen molar-refractivity contribution in [3.05, 3.63) is 0 Å². The minimum atomic E-state index is -0.413. The van der Waals surface area contributed by atoms with Gasteiger partial charge in [0.25, 0.3) is 0 Å². The van der Waals surface area contributed by atoms with Crippen LogP contribution in [0.1, 0.15) is 32.6 Å². The standard InChI is InChI=1S/C14H29NO3/c1-12-3-5-13(6-4-12)9-15-10-14(16)11-18-8-7-17-2/h12-16H,3-11H2,1-2H3. The zero-order valence-corrected chi connectivity index (χ0v) is 11.9. The van der Waals surface area contributed by atoms with E-state index >= 15 is 0 Å². The number of methoxy groups -OCH3 is 1. The first-order valence-corrected chi connectivity index (χ1v) is 7.17. The Morgan fingerprint density at radius 2 is 1.94 bits per heavy atom. The van der Waals surface area contributed by atoms with Gasteiger partial charge >= 0.3 is 0 Å². The van der Waals surface area contributed by atoms with Crippen molar-refractivity contribution in [2.45, 2.75) is 38.7 Å². The Hall–Kier alpha value is -0.160. The van der Waals surface area contributed by atoms with Crippen LogP contribution >= 0.6 is 0 Å². The molecule has 0 aliphatic heterocycles. The van der Waals surface area contributed by atoms with Gasteiger partial charge in [-0.1, -0.05) is 19.8 Å². The molecule has 1 unspecified atom stereocenters. The predicted octanol–water partition coefficient (Wildman–Crippen LogP) is 1.43. The van der Waals surface area contributed by atoms with Crippen LogP contribution in [0.15, 0.2) is 0 Å². The van der Waals surface area contributed by atoms with Gasteiger partial charge in [0.1, 0.15) is 0 Å². The first-order valence-electron chi connectivity index (χ1n) is 7.17. The molecule has 0 spiro atoms. The molecule has 18 heavy (non-hydrogen) atoms. The molecule has 4 nitrogen and oxygen atoms in total. The second-order valence-electron chi connectivity index (χ2n) is 5.51. The molecule has 1 fully saturated rings. The highest BCUT2D eigenvalue weighted by atomic mass is 16.5. The number of nitrogens with one attached hydrogen (secondary N) is 1. The maximum absolute atomic E-state index is 9.69. The molecule has 1 atom stereocenters. The number of rotatable bonds is 9. The van der Waals surface area contributed by atoms with E-state index in [4.69, 9.17) is 9.47 Å². The second-order valence-corrected chi connectivity index (χ2v) is 5.51. The Balaban J connectivity index is 1.93. The van der Waals surface area contributed by atoms with E-state index in [9.17, 15) is 5.11 Å². The summed E-state index contributed by atoms with van der Waals surface area (Å²) in [6.07, 6.45) is 4.96. The average Bonchev–Trinajstić information content (AvgIpc) is 2.37. The third-order valence-corrected chi connectivity index (χ3v) is 3.69. The van der Waals surface area contributed by atoms with E-state index in [-0.39, 0.29) is 0 Å². The lowest BCUT2D eigenvalue weighted by molar-refractivity contribution is 0.0134. The Bertz CT molecular complexity index is 193. The molecular weight excluding hydrogens is 230 g/mol. The molecule has 0 aromatic heterocycles. The Kier molecular flexibility index (Phi) is 8.59. The van der Waals surface area contributed by atoms with Crippen molar-refractivity contribution in [2.75, 3.05) is 40.0 Å². The Labute approximate surface area is 111 Å². The van der Waals surface area contributed by atoms with Gasteiger partial charge in [0.05, 0.1) is 25.9 Å². The molecule has 1 aliphatic rings. The molecule has 1 saturated carbocycles. The lowest BCUT2D eigenvalue weighted by Crippen LogP contribution is -2.34. The minimum Gasteiger partial charge on any atom is -0.389 e. The van der Waals surface area contributed by atoms with Gasteiger partial charge in [0.15, 0.2) is 0 Å². The highest BCUT2D eigenvalue weighted by molar-refractivity contribution is 4.72. The van der Waals surface area contributed by atoms with Crippen molar-refractivity contribution in [1.29, 1.82) is 0 Å². The van der Waals surface area contributed by atoms with Gasteiger partial charge in [-0.15, -0.1) is 0 Å². The van der Waals surface area contributed by atoms with Crippen LogP contribution in [0.5, 0.6) is 0 Å². The molecule has 1 aliphatic carbocycles. The summed E-state index contributed by atoms with van der Waals surface area (Å²) in [5, 5.41) is 13.0. The van der Waals surface area contributed by atoms with Crippen molar-refractivity contribution >= 4 is 0 Å². The summed E-state index contributed by atoms with van der Waals surface area (Å²) in [5.74, 6) is 1.70. The number of hydrogen-bond acceptors (Lipinski definition) is 4. The fourth-order valence-electron chi connectivity index (χ4n) is 2.41. The monoisotopic (exact) mass is 259 g/mol. The lowest BCUT2D eigenvalue weighted by Gasteiger charge is -2.26. The summed E-state index contributed by atoms with van der Waals surface area (Å²) in [6.45, 7) is 5.51. The molecule has 2 N–H and O–H groups in total. The van der Waals surface area contributed by atoms with Crippen molar-refractivity contribution < 1.29 is 14.6 Å². The van der Waals surface area contributed by atoms with Gasteiger partial charge in [0, 0.05) is 13.7 Å². The molecule has 0 aromatic carbocycles. The molecule has 0 radical (unpaired) electrons. The van der Waals surface area contributed by atoms with Gasteiger partial charge in [-0.25, -0.2) is 0 Å². The van der Waals surface area contributed by atoms with E-state index < -0.39 is 6.10 Å². The first-order chi connectivity index (χ1) is 8.72. The smallest absolute Gasteiger partial charge is 0.0897 e. The van der Waals surface area contributed by atoms with Crippen molar-refractivity contribution in [3.63, 3.8) is 0 Å². The fraction of sp³-hybridized carbons (Fsp3) is 1.00. The molecular formula is C14H29NO3. The van der Waals surface area contributed by atoms with E-state index in [1.165, 1.54) is 25.7 Å². The summed E-state index contributed by atoms with van der Waals surface area (Å²) in [7, 11) is 1.65. The summed E-state index contributed by atoms with van der Waals surface area (Å²) in [5.41, 5.74) is 0. The van der Waals surface area contributed by atoms with Crippen LogP contribution in [0, 0.1) is 11.8 Å². The summed E-state index contributed by atoms with van der Waals surface area (Å²) < 4.78 is 10.1. The third kappa shape index (κ3) is 7.31. The van der Waals surface area contributed by atoms with Gasteiger partial charge in [0.2, 0.25) is 0 Å². The second kappa shape index (κ2) is 9.73. The van der Waals surface area contributed by atoms with Gasteiger partial charge in [-0.2, -0.15) is 0 Å². The quantitative estimate of drug-likeness (QED) is 0.615. The summed E-state index contributed by atoms with van der Waals surface area (Å²) in [6, 6.07) is 0. The molecule has 108 valence electrons. The zero-order chi connectivity index (χ0) is 13.2. The number of ether oxygens (including phenoxy) is 2. The highest BCUT2D eigenvalue weighted by Gasteiger charge is 2.17. The molecule has 0 amide bonds. The number of aliphatic hydroxyl groups excluding tert-OH is 1. The van der Waals surface area contributed by atoms with Crippen molar-refractivity contribution in [3.8, 4) is 0 Å². The van der Waals surface area contributed by atoms with Crippen LogP contribution < -0.4 is 5.32 Å². The van der Waals surface area contributed by atoms with E-state index in [1.807, 2.05) is 0 Å². The van der Waals surface area contributed by atoms with Crippen LogP contribution in [0.4, 0.5) is 0 Å². The average molecular weight is 259 g/mol. The van der Waals surface area contributed by atoms with Crippen LogP contribution in [0.3, 0.4) is 0 Å². The van der Waals surface area contributed by atoms with Crippen LogP contribution in [-0.2, 0) is 9.47 Å². The third-order valence-electron chi connectivity index (χ3n) is 3.69. The van der Waals surface area contributed by atoms with Crippen LogP contribution in [0.2, 0.25) is 0 Å². The van der Waals surface area contributed by atoms with Gasteiger partial charge < -0.3 is 19.9 Å². The van der Waals surface area contributed by atoms with E-state index in [0.29, 0.717) is 26.4 Å². The SMILES string of the molecule is COCCOCC(O)CNCC1CCC(C)CC1. The maximum Gasteiger partial charge on any atom is 0.0897 e. The zero-order valence-electron chi connectivity index (χ0n) is 11.9. The first kappa shape index (κ1) is 15.9. The molecule has 1 rings (SSSR count). The molecule has 0 bridgehead atoms. The largest absolute Gasteiger partial charge is 0.389 e. The topological polar surface area (TPSA) is 50.7 Å². The Morgan fingerprint density at radius 3 is 2.61 bits per heavy atom. The normalized spacial score (nSPS) is 26.2. The van der Waals surface area contributed by atoms with E-state index in [1.54, 1.807) is 7.11 Å². The number of aliphatic hydroxyl groups is 1. The minimum absolute atomic E-state index is 0.387. The number of hydrogen-bond donors (Lipinski definition) is 2. The van der Waals surface area contributed by atoms with Crippen molar-refractivity contribution in [2.24, 2.45) is 11.8 Å². The maximum atomic E-state index is 9.69.